The number of hydrogen-bond donors (Lipinski definition) is 0. The molecule has 1 fully saturated rings. The summed E-state index contributed by atoms with van der Waals surface area (Å²) in [4.78, 5) is 29.8. The van der Waals surface area contributed by atoms with Crippen LogP contribution in [0.4, 0.5) is 0 Å². The molecule has 2 aliphatic rings. The standard InChI is InChI=1S/C15H21N5O2/c1-18-14(21)3-2-13(17-18)15(22)20-7-4-12(5-8-20)10-19-9-6-16-11-19/h6,9,11-12H,2-5,7-8,10H2,1H3. The zero-order valence-corrected chi connectivity index (χ0v) is 12.8. The molecule has 118 valence electrons. The molecule has 0 spiro atoms. The van der Waals surface area contributed by atoms with E-state index in [2.05, 4.69) is 14.7 Å². The van der Waals surface area contributed by atoms with Gasteiger partial charge in [0.1, 0.15) is 5.71 Å². The van der Waals surface area contributed by atoms with Crippen molar-refractivity contribution >= 4 is 17.5 Å². The molecule has 0 unspecified atom stereocenters. The molecular weight excluding hydrogens is 282 g/mol. The van der Waals surface area contributed by atoms with Crippen molar-refractivity contribution in [2.24, 2.45) is 11.0 Å². The number of aromatic nitrogens is 2. The van der Waals surface area contributed by atoms with E-state index in [0.717, 1.165) is 32.5 Å². The maximum atomic E-state index is 12.5. The highest BCUT2D eigenvalue weighted by Gasteiger charge is 2.28. The van der Waals surface area contributed by atoms with Crippen LogP contribution in [0, 0.1) is 5.92 Å². The van der Waals surface area contributed by atoms with Gasteiger partial charge in [-0.15, -0.1) is 0 Å². The van der Waals surface area contributed by atoms with Gasteiger partial charge in [0.25, 0.3) is 5.91 Å². The fraction of sp³-hybridized carbons (Fsp3) is 0.600. The predicted octanol–water partition coefficient (Wildman–Crippen LogP) is 0.730. The van der Waals surface area contributed by atoms with Gasteiger partial charge in [0.15, 0.2) is 0 Å². The summed E-state index contributed by atoms with van der Waals surface area (Å²) in [6, 6.07) is 0. The molecule has 0 N–H and O–H groups in total. The van der Waals surface area contributed by atoms with Crippen LogP contribution < -0.4 is 0 Å². The molecule has 1 aromatic rings. The maximum Gasteiger partial charge on any atom is 0.270 e. The molecule has 0 bridgehead atoms. The summed E-state index contributed by atoms with van der Waals surface area (Å²) in [6.07, 6.45) is 8.41. The number of piperidine rings is 1. The van der Waals surface area contributed by atoms with Crippen molar-refractivity contribution in [3.8, 4) is 0 Å². The average Bonchev–Trinajstić information content (AvgIpc) is 3.03. The van der Waals surface area contributed by atoms with Crippen molar-refractivity contribution < 1.29 is 9.59 Å². The molecule has 0 saturated carbocycles. The van der Waals surface area contributed by atoms with Gasteiger partial charge in [0, 0.05) is 51.9 Å². The van der Waals surface area contributed by atoms with Gasteiger partial charge in [-0.2, -0.15) is 5.10 Å². The zero-order chi connectivity index (χ0) is 15.5. The third kappa shape index (κ3) is 3.18. The SMILES string of the molecule is CN1N=C(C(=O)N2CCC(Cn3ccnc3)CC2)CCC1=O. The number of likely N-dealkylation sites (tertiary alicyclic amines) is 1. The van der Waals surface area contributed by atoms with Crippen LogP contribution in [-0.4, -0.2) is 57.1 Å². The maximum absolute atomic E-state index is 12.5. The van der Waals surface area contributed by atoms with E-state index in [1.54, 1.807) is 13.2 Å². The van der Waals surface area contributed by atoms with E-state index in [-0.39, 0.29) is 11.8 Å². The third-order valence-electron chi connectivity index (χ3n) is 4.38. The van der Waals surface area contributed by atoms with Crippen LogP contribution in [0.25, 0.3) is 0 Å². The summed E-state index contributed by atoms with van der Waals surface area (Å²) in [5.74, 6) is 0.534. The minimum Gasteiger partial charge on any atom is -0.338 e. The smallest absolute Gasteiger partial charge is 0.270 e. The Labute approximate surface area is 129 Å². The summed E-state index contributed by atoms with van der Waals surface area (Å²) < 4.78 is 2.09. The Kier molecular flexibility index (Phi) is 4.22. The number of imidazole rings is 1. The zero-order valence-electron chi connectivity index (χ0n) is 12.8. The number of rotatable bonds is 3. The van der Waals surface area contributed by atoms with E-state index >= 15 is 0 Å². The topological polar surface area (TPSA) is 70.8 Å². The lowest BCUT2D eigenvalue weighted by Gasteiger charge is -2.33. The normalized spacial score (nSPS) is 20.2. The minimum absolute atomic E-state index is 0.0135. The van der Waals surface area contributed by atoms with Crippen molar-refractivity contribution in [2.45, 2.75) is 32.2 Å². The van der Waals surface area contributed by atoms with E-state index in [1.807, 2.05) is 17.4 Å². The first-order valence-electron chi connectivity index (χ1n) is 7.72. The van der Waals surface area contributed by atoms with Crippen LogP contribution in [0.3, 0.4) is 0 Å². The number of hydrogen-bond acceptors (Lipinski definition) is 4. The molecule has 3 rings (SSSR count). The van der Waals surface area contributed by atoms with Crippen LogP contribution in [0.15, 0.2) is 23.8 Å². The number of hydrazone groups is 1. The van der Waals surface area contributed by atoms with E-state index in [9.17, 15) is 9.59 Å². The summed E-state index contributed by atoms with van der Waals surface area (Å²) in [7, 11) is 1.60. The molecule has 0 atom stereocenters. The van der Waals surface area contributed by atoms with Crippen molar-refractivity contribution in [1.29, 1.82) is 0 Å². The summed E-state index contributed by atoms with van der Waals surface area (Å²) in [5.41, 5.74) is 0.509. The van der Waals surface area contributed by atoms with Gasteiger partial charge in [-0.05, 0) is 18.8 Å². The Morgan fingerprint density at radius 3 is 2.73 bits per heavy atom. The first-order chi connectivity index (χ1) is 10.6. The molecule has 2 aliphatic heterocycles. The fourth-order valence-electron chi connectivity index (χ4n) is 3.02. The monoisotopic (exact) mass is 303 g/mol. The van der Waals surface area contributed by atoms with Crippen molar-refractivity contribution in [3.05, 3.63) is 18.7 Å². The second-order valence-corrected chi connectivity index (χ2v) is 5.96. The Balaban J connectivity index is 1.54. The van der Waals surface area contributed by atoms with Crippen LogP contribution in [0.5, 0.6) is 0 Å². The van der Waals surface area contributed by atoms with Gasteiger partial charge in [0.05, 0.1) is 6.33 Å². The Hall–Kier alpha value is -2.18. The van der Waals surface area contributed by atoms with Crippen LogP contribution in [0.1, 0.15) is 25.7 Å². The lowest BCUT2D eigenvalue weighted by molar-refractivity contribution is -0.130. The summed E-state index contributed by atoms with van der Waals surface area (Å²) in [6.45, 7) is 2.48. The van der Waals surface area contributed by atoms with Gasteiger partial charge in [-0.3, -0.25) is 9.59 Å². The molecule has 22 heavy (non-hydrogen) atoms. The van der Waals surface area contributed by atoms with E-state index < -0.39 is 0 Å². The quantitative estimate of drug-likeness (QED) is 0.826. The van der Waals surface area contributed by atoms with Crippen LogP contribution in [0.2, 0.25) is 0 Å². The minimum atomic E-state index is -0.0319. The molecule has 7 heteroatoms. The first-order valence-corrected chi connectivity index (χ1v) is 7.72. The fourth-order valence-corrected chi connectivity index (χ4v) is 3.02. The van der Waals surface area contributed by atoms with Crippen molar-refractivity contribution in [2.75, 3.05) is 20.1 Å². The molecule has 1 aromatic heterocycles. The molecule has 0 radical (unpaired) electrons. The van der Waals surface area contributed by atoms with Crippen molar-refractivity contribution in [3.63, 3.8) is 0 Å². The molecular formula is C15H21N5O2. The molecule has 0 aliphatic carbocycles. The Morgan fingerprint density at radius 2 is 2.09 bits per heavy atom. The van der Waals surface area contributed by atoms with Gasteiger partial charge < -0.3 is 9.47 Å². The van der Waals surface area contributed by atoms with Gasteiger partial charge in [-0.25, -0.2) is 9.99 Å². The highest BCUT2D eigenvalue weighted by molar-refractivity contribution is 6.39. The number of carbonyl (C=O) groups is 2. The summed E-state index contributed by atoms with van der Waals surface area (Å²) in [5, 5.41) is 5.40. The van der Waals surface area contributed by atoms with Crippen LogP contribution in [-0.2, 0) is 16.1 Å². The van der Waals surface area contributed by atoms with E-state index in [4.69, 9.17) is 0 Å². The van der Waals surface area contributed by atoms with E-state index in [1.165, 1.54) is 5.01 Å². The predicted molar refractivity (Wildman–Crippen MR) is 81.0 cm³/mol. The second kappa shape index (κ2) is 6.29. The Bertz CT molecular complexity index is 573. The summed E-state index contributed by atoms with van der Waals surface area (Å²) >= 11 is 0. The third-order valence-corrected chi connectivity index (χ3v) is 4.38. The highest BCUT2D eigenvalue weighted by Crippen LogP contribution is 2.20. The van der Waals surface area contributed by atoms with Crippen LogP contribution >= 0.6 is 0 Å². The first kappa shape index (κ1) is 14.7. The van der Waals surface area contributed by atoms with E-state index in [0.29, 0.717) is 24.5 Å². The molecule has 2 amide bonds. The molecule has 1 saturated heterocycles. The molecule has 3 heterocycles. The highest BCUT2D eigenvalue weighted by atomic mass is 16.2. The molecule has 0 aromatic carbocycles. The van der Waals surface area contributed by atoms with Gasteiger partial charge >= 0.3 is 0 Å². The Morgan fingerprint density at radius 1 is 1.32 bits per heavy atom. The number of carbonyl (C=O) groups excluding carboxylic acids is 2. The number of amides is 2. The van der Waals surface area contributed by atoms with Gasteiger partial charge in [0.2, 0.25) is 5.91 Å². The average molecular weight is 303 g/mol. The second-order valence-electron chi connectivity index (χ2n) is 5.96. The van der Waals surface area contributed by atoms with Crippen molar-refractivity contribution in [1.82, 2.24) is 19.5 Å². The molecule has 7 nitrogen and oxygen atoms in total. The number of nitrogens with zero attached hydrogens (tertiary/aromatic N) is 5. The van der Waals surface area contributed by atoms with Gasteiger partial charge in [-0.1, -0.05) is 0 Å². The lowest BCUT2D eigenvalue weighted by atomic mass is 9.96. The largest absolute Gasteiger partial charge is 0.338 e. The lowest BCUT2D eigenvalue weighted by Crippen LogP contribution is -2.44.